The SMILES string of the molecule is COc1ccc(C(=O)Nc2ccc3c(c2)C2(COC(N)=N2)C2(COC2)C(C)(C)O3)nn1. The molecular weight excluding hydrogens is 402 g/mol. The quantitative estimate of drug-likeness (QED) is 0.756. The van der Waals surface area contributed by atoms with E-state index in [0.717, 1.165) is 5.56 Å². The molecule has 1 atom stereocenters. The van der Waals surface area contributed by atoms with Crippen molar-refractivity contribution in [1.82, 2.24) is 10.2 Å². The molecule has 1 fully saturated rings. The molecule has 162 valence electrons. The van der Waals surface area contributed by atoms with Crippen LogP contribution in [0.15, 0.2) is 35.3 Å². The van der Waals surface area contributed by atoms with E-state index in [0.29, 0.717) is 30.5 Å². The van der Waals surface area contributed by atoms with Crippen LogP contribution in [0.1, 0.15) is 29.9 Å². The Bertz CT molecular complexity index is 1080. The van der Waals surface area contributed by atoms with Crippen molar-refractivity contribution in [2.75, 3.05) is 32.2 Å². The van der Waals surface area contributed by atoms with Gasteiger partial charge in [0, 0.05) is 17.3 Å². The van der Waals surface area contributed by atoms with Gasteiger partial charge in [0.1, 0.15) is 23.5 Å². The van der Waals surface area contributed by atoms with Crippen molar-refractivity contribution in [3.63, 3.8) is 0 Å². The number of nitrogens with two attached hydrogens (primary N) is 1. The van der Waals surface area contributed by atoms with Crippen LogP contribution >= 0.6 is 0 Å². The molecule has 1 saturated heterocycles. The Hall–Kier alpha value is -3.40. The Morgan fingerprint density at radius 2 is 1.97 bits per heavy atom. The van der Waals surface area contributed by atoms with Gasteiger partial charge in [-0.05, 0) is 38.1 Å². The van der Waals surface area contributed by atoms with Gasteiger partial charge >= 0.3 is 0 Å². The number of fused-ring (bicyclic) bond motifs is 3. The molecule has 2 aromatic rings. The summed E-state index contributed by atoms with van der Waals surface area (Å²) in [5.41, 5.74) is 5.72. The molecule has 0 saturated carbocycles. The molecule has 3 aliphatic rings. The van der Waals surface area contributed by atoms with E-state index >= 15 is 0 Å². The average Bonchev–Trinajstić information content (AvgIpc) is 3.09. The molecule has 0 bridgehead atoms. The summed E-state index contributed by atoms with van der Waals surface area (Å²) in [7, 11) is 1.48. The molecule has 10 heteroatoms. The molecule has 0 radical (unpaired) electrons. The van der Waals surface area contributed by atoms with Gasteiger partial charge in [-0.3, -0.25) is 4.79 Å². The van der Waals surface area contributed by atoms with E-state index in [1.165, 1.54) is 7.11 Å². The Balaban J connectivity index is 1.53. The number of aromatic nitrogens is 2. The number of benzene rings is 1. The van der Waals surface area contributed by atoms with E-state index in [2.05, 4.69) is 15.5 Å². The third-order valence-corrected chi connectivity index (χ3v) is 6.50. The second kappa shape index (κ2) is 6.55. The van der Waals surface area contributed by atoms with Crippen molar-refractivity contribution in [2.24, 2.45) is 16.1 Å². The maximum Gasteiger partial charge on any atom is 0.283 e. The zero-order chi connectivity index (χ0) is 21.9. The largest absolute Gasteiger partial charge is 0.487 e. The van der Waals surface area contributed by atoms with E-state index in [4.69, 9.17) is 29.7 Å². The van der Waals surface area contributed by atoms with Crippen molar-refractivity contribution in [1.29, 1.82) is 0 Å². The zero-order valence-electron chi connectivity index (χ0n) is 17.5. The number of carbonyl (C=O) groups excluding carboxylic acids is 1. The molecule has 5 rings (SSSR count). The van der Waals surface area contributed by atoms with Gasteiger partial charge in [-0.25, -0.2) is 4.99 Å². The highest BCUT2D eigenvalue weighted by molar-refractivity contribution is 6.02. The van der Waals surface area contributed by atoms with Crippen molar-refractivity contribution < 1.29 is 23.7 Å². The van der Waals surface area contributed by atoms with Crippen LogP contribution in [0.4, 0.5) is 5.69 Å². The summed E-state index contributed by atoms with van der Waals surface area (Å²) >= 11 is 0. The van der Waals surface area contributed by atoms with E-state index in [1.54, 1.807) is 18.2 Å². The van der Waals surface area contributed by atoms with Crippen LogP contribution in [0.2, 0.25) is 0 Å². The summed E-state index contributed by atoms with van der Waals surface area (Å²) in [6.45, 7) is 5.28. The number of hydrogen-bond donors (Lipinski definition) is 2. The van der Waals surface area contributed by atoms with E-state index < -0.39 is 22.5 Å². The van der Waals surface area contributed by atoms with Gasteiger partial charge in [0.2, 0.25) is 5.88 Å². The monoisotopic (exact) mass is 425 g/mol. The number of amidine groups is 1. The van der Waals surface area contributed by atoms with Crippen LogP contribution in [-0.2, 0) is 15.0 Å². The van der Waals surface area contributed by atoms with Crippen molar-refractivity contribution in [2.45, 2.75) is 25.0 Å². The van der Waals surface area contributed by atoms with Crippen LogP contribution in [0.3, 0.4) is 0 Å². The van der Waals surface area contributed by atoms with Gasteiger partial charge in [0.25, 0.3) is 11.9 Å². The first-order valence-corrected chi connectivity index (χ1v) is 9.89. The summed E-state index contributed by atoms with van der Waals surface area (Å²) in [5.74, 6) is 0.608. The highest BCUT2D eigenvalue weighted by Gasteiger charge is 2.71. The van der Waals surface area contributed by atoms with Crippen LogP contribution in [-0.4, -0.2) is 54.7 Å². The average molecular weight is 425 g/mol. The second-order valence-corrected chi connectivity index (χ2v) is 8.41. The fourth-order valence-corrected chi connectivity index (χ4v) is 4.60. The minimum Gasteiger partial charge on any atom is -0.487 e. The highest BCUT2D eigenvalue weighted by Crippen LogP contribution is 2.62. The molecule has 1 aromatic carbocycles. The normalized spacial score (nSPS) is 24.4. The smallest absolute Gasteiger partial charge is 0.283 e. The first kappa shape index (κ1) is 19.6. The highest BCUT2D eigenvalue weighted by atomic mass is 16.5. The van der Waals surface area contributed by atoms with Crippen LogP contribution in [0.5, 0.6) is 11.6 Å². The number of nitrogens with zero attached hydrogens (tertiary/aromatic N) is 3. The number of methoxy groups -OCH3 is 1. The fourth-order valence-electron chi connectivity index (χ4n) is 4.60. The number of anilines is 1. The minimum absolute atomic E-state index is 0.137. The first-order valence-electron chi connectivity index (χ1n) is 9.89. The Kier molecular flexibility index (Phi) is 4.13. The molecule has 1 unspecified atom stereocenters. The lowest BCUT2D eigenvalue weighted by molar-refractivity contribution is -0.247. The summed E-state index contributed by atoms with van der Waals surface area (Å²) in [6, 6.07) is 8.71. The number of amides is 1. The Morgan fingerprint density at radius 1 is 1.16 bits per heavy atom. The minimum atomic E-state index is -0.771. The number of rotatable bonds is 3. The van der Waals surface area contributed by atoms with Gasteiger partial charge < -0.3 is 30.0 Å². The maximum absolute atomic E-state index is 12.7. The standard InChI is InChI=1S/C21H23N5O5/c1-19(2)20(9-29-10-20)21(11-30-18(22)24-21)13-8-12(4-6-15(13)31-19)23-17(27)14-5-7-16(28-3)26-25-14/h4-8H,9-11H2,1-3H3,(H2,22,24)(H,23,27). The number of ether oxygens (including phenoxy) is 4. The molecule has 1 amide bonds. The molecule has 10 nitrogen and oxygen atoms in total. The van der Waals surface area contributed by atoms with Crippen molar-refractivity contribution in [3.05, 3.63) is 41.6 Å². The number of nitrogens with one attached hydrogen (secondary N) is 1. The van der Waals surface area contributed by atoms with Gasteiger partial charge in [-0.1, -0.05) is 0 Å². The predicted molar refractivity (Wildman–Crippen MR) is 110 cm³/mol. The van der Waals surface area contributed by atoms with Crippen molar-refractivity contribution >= 4 is 17.6 Å². The topological polar surface area (TPSA) is 130 Å². The number of hydrogen-bond acceptors (Lipinski definition) is 9. The maximum atomic E-state index is 12.7. The molecule has 31 heavy (non-hydrogen) atoms. The third kappa shape index (κ3) is 2.67. The predicted octanol–water partition coefficient (Wildman–Crippen LogP) is 1.47. The lowest BCUT2D eigenvalue weighted by Crippen LogP contribution is -2.71. The molecule has 1 aromatic heterocycles. The van der Waals surface area contributed by atoms with Crippen LogP contribution < -0.4 is 20.5 Å². The van der Waals surface area contributed by atoms with Crippen molar-refractivity contribution in [3.8, 4) is 11.6 Å². The van der Waals surface area contributed by atoms with Gasteiger partial charge in [-0.15, -0.1) is 10.2 Å². The fraction of sp³-hybridized carbons (Fsp3) is 0.429. The lowest BCUT2D eigenvalue weighted by atomic mass is 9.55. The van der Waals surface area contributed by atoms with Crippen LogP contribution in [0.25, 0.3) is 0 Å². The van der Waals surface area contributed by atoms with Gasteiger partial charge in [-0.2, -0.15) is 0 Å². The molecule has 4 heterocycles. The van der Waals surface area contributed by atoms with Gasteiger partial charge in [0.05, 0.1) is 25.7 Å². The molecule has 0 aliphatic carbocycles. The zero-order valence-corrected chi connectivity index (χ0v) is 17.5. The second-order valence-electron chi connectivity index (χ2n) is 8.41. The summed E-state index contributed by atoms with van der Waals surface area (Å²) in [5, 5.41) is 10.6. The molecule has 3 N–H and O–H groups in total. The molecule has 3 aliphatic heterocycles. The summed E-state index contributed by atoms with van der Waals surface area (Å²) in [4.78, 5) is 17.4. The van der Waals surface area contributed by atoms with E-state index in [1.807, 2.05) is 26.0 Å². The summed E-state index contributed by atoms with van der Waals surface area (Å²) in [6.07, 6.45) is 0. The van der Waals surface area contributed by atoms with Gasteiger partial charge in [0.15, 0.2) is 5.69 Å². The third-order valence-electron chi connectivity index (χ3n) is 6.50. The van der Waals surface area contributed by atoms with Crippen LogP contribution in [0, 0.1) is 5.41 Å². The first-order chi connectivity index (χ1) is 14.8. The number of carbonyl (C=O) groups is 1. The number of aliphatic imine (C=N–C) groups is 1. The van der Waals surface area contributed by atoms with E-state index in [9.17, 15) is 4.79 Å². The molecule has 2 spiro atoms. The lowest BCUT2D eigenvalue weighted by Gasteiger charge is -2.61. The molecular formula is C21H23N5O5. The Labute approximate surface area is 178 Å². The summed E-state index contributed by atoms with van der Waals surface area (Å²) < 4.78 is 22.6. The Morgan fingerprint density at radius 3 is 2.55 bits per heavy atom. The van der Waals surface area contributed by atoms with E-state index in [-0.39, 0.29) is 18.3 Å².